The van der Waals surface area contributed by atoms with E-state index in [1.165, 1.54) is 5.56 Å². The van der Waals surface area contributed by atoms with Gasteiger partial charge in [0, 0.05) is 17.7 Å². The number of hydrogen-bond acceptors (Lipinski definition) is 2. The average molecular weight is 298 g/mol. The van der Waals surface area contributed by atoms with Crippen molar-refractivity contribution >= 4 is 11.7 Å². The molecule has 2 N–H and O–H groups in total. The predicted octanol–water partition coefficient (Wildman–Crippen LogP) is 4.60. The van der Waals surface area contributed by atoms with Crippen LogP contribution in [0.2, 0.25) is 0 Å². The highest BCUT2D eigenvalue weighted by Crippen LogP contribution is 2.30. The molecule has 1 atom stereocenters. The molecular formula is C18H22N2O2. The molecule has 1 aliphatic rings. The summed E-state index contributed by atoms with van der Waals surface area (Å²) in [6, 6.07) is 9.81. The number of carbonyl (C=O) groups is 1. The second-order valence-electron chi connectivity index (χ2n) is 6.12. The molecule has 4 heteroatoms. The summed E-state index contributed by atoms with van der Waals surface area (Å²) in [5.41, 5.74) is 3.15. The van der Waals surface area contributed by atoms with Gasteiger partial charge in [-0.05, 0) is 42.5 Å². The number of anilines is 1. The lowest BCUT2D eigenvalue weighted by molar-refractivity contribution is 0.246. The van der Waals surface area contributed by atoms with Crippen LogP contribution in [0, 0.1) is 0 Å². The molecule has 0 saturated heterocycles. The number of nitrogens with one attached hydrogen (secondary N) is 2. The van der Waals surface area contributed by atoms with Crippen LogP contribution in [-0.2, 0) is 6.42 Å². The number of carbonyl (C=O) groups excluding carboxylic acids is 1. The van der Waals surface area contributed by atoms with Crippen LogP contribution >= 0.6 is 0 Å². The van der Waals surface area contributed by atoms with Gasteiger partial charge in [-0.25, -0.2) is 4.79 Å². The van der Waals surface area contributed by atoms with Gasteiger partial charge in [0.1, 0.15) is 5.76 Å². The van der Waals surface area contributed by atoms with Crippen LogP contribution in [0.4, 0.5) is 10.5 Å². The molecular weight excluding hydrogens is 276 g/mol. The van der Waals surface area contributed by atoms with E-state index in [4.69, 9.17) is 4.42 Å². The van der Waals surface area contributed by atoms with Crippen LogP contribution in [0.3, 0.4) is 0 Å². The molecule has 0 saturated carbocycles. The number of aryl methyl sites for hydroxylation is 1. The van der Waals surface area contributed by atoms with Gasteiger partial charge in [-0.2, -0.15) is 0 Å². The Bertz CT molecular complexity index is 661. The van der Waals surface area contributed by atoms with Crippen LogP contribution in [0.1, 0.15) is 55.5 Å². The molecule has 22 heavy (non-hydrogen) atoms. The molecule has 2 amide bonds. The maximum Gasteiger partial charge on any atom is 0.319 e. The molecule has 3 rings (SSSR count). The largest absolute Gasteiger partial charge is 0.469 e. The van der Waals surface area contributed by atoms with Crippen LogP contribution in [0.5, 0.6) is 0 Å². The Morgan fingerprint density at radius 3 is 3.00 bits per heavy atom. The van der Waals surface area contributed by atoms with Crippen LogP contribution in [0.25, 0.3) is 0 Å². The van der Waals surface area contributed by atoms with E-state index in [9.17, 15) is 4.79 Å². The minimum Gasteiger partial charge on any atom is -0.469 e. The highest BCUT2D eigenvalue weighted by molar-refractivity contribution is 5.89. The van der Waals surface area contributed by atoms with Crippen LogP contribution in [-0.4, -0.2) is 6.03 Å². The van der Waals surface area contributed by atoms with Gasteiger partial charge in [-0.3, -0.25) is 0 Å². The summed E-state index contributed by atoms with van der Waals surface area (Å²) < 4.78 is 5.46. The summed E-state index contributed by atoms with van der Waals surface area (Å²) in [7, 11) is 0. The maximum absolute atomic E-state index is 12.2. The first-order valence-electron chi connectivity index (χ1n) is 7.87. The smallest absolute Gasteiger partial charge is 0.319 e. The lowest BCUT2D eigenvalue weighted by atomic mass is 9.93. The third-order valence-corrected chi connectivity index (χ3v) is 4.17. The van der Waals surface area contributed by atoms with Gasteiger partial charge in [0.2, 0.25) is 0 Å². The van der Waals surface area contributed by atoms with E-state index in [1.54, 1.807) is 6.26 Å². The topological polar surface area (TPSA) is 54.3 Å². The minimum absolute atomic E-state index is 0.0378. The number of amides is 2. The quantitative estimate of drug-likeness (QED) is 0.870. The fraction of sp³-hybridized carbons (Fsp3) is 0.389. The zero-order valence-electron chi connectivity index (χ0n) is 13.1. The first kappa shape index (κ1) is 14.7. The lowest BCUT2D eigenvalue weighted by Crippen LogP contribution is -2.34. The minimum atomic E-state index is -0.167. The van der Waals surface area contributed by atoms with E-state index in [2.05, 4.69) is 30.5 Å². The molecule has 1 heterocycles. The second kappa shape index (κ2) is 6.26. The van der Waals surface area contributed by atoms with Crippen LogP contribution in [0.15, 0.2) is 41.0 Å². The predicted molar refractivity (Wildman–Crippen MR) is 87.1 cm³/mol. The molecule has 0 spiro atoms. The molecule has 116 valence electrons. The molecule has 0 bridgehead atoms. The first-order valence-corrected chi connectivity index (χ1v) is 7.87. The van der Waals surface area contributed by atoms with Crippen molar-refractivity contribution in [3.63, 3.8) is 0 Å². The lowest BCUT2D eigenvalue weighted by Gasteiger charge is -2.23. The molecule has 2 aromatic rings. The Morgan fingerprint density at radius 1 is 1.32 bits per heavy atom. The zero-order chi connectivity index (χ0) is 15.5. The third-order valence-electron chi connectivity index (χ3n) is 4.17. The van der Waals surface area contributed by atoms with E-state index in [0.717, 1.165) is 36.3 Å². The molecule has 1 aromatic heterocycles. The fourth-order valence-corrected chi connectivity index (χ4v) is 2.94. The molecule has 4 nitrogen and oxygen atoms in total. The SMILES string of the molecule is CC(C)c1cccc(NC(=O)NC2CCCc3occc32)c1. The van der Waals surface area contributed by atoms with E-state index >= 15 is 0 Å². The van der Waals surface area contributed by atoms with E-state index < -0.39 is 0 Å². The average Bonchev–Trinajstić information content (AvgIpc) is 2.97. The number of hydrogen-bond donors (Lipinski definition) is 2. The highest BCUT2D eigenvalue weighted by Gasteiger charge is 2.23. The first-order chi connectivity index (χ1) is 10.6. The number of benzene rings is 1. The monoisotopic (exact) mass is 298 g/mol. The summed E-state index contributed by atoms with van der Waals surface area (Å²) in [6.07, 6.45) is 4.65. The van der Waals surface area contributed by atoms with Gasteiger partial charge in [-0.15, -0.1) is 0 Å². The Hall–Kier alpha value is -2.23. The highest BCUT2D eigenvalue weighted by atomic mass is 16.3. The van der Waals surface area contributed by atoms with Gasteiger partial charge in [-0.1, -0.05) is 26.0 Å². The van der Waals surface area contributed by atoms with Crippen molar-refractivity contribution in [2.24, 2.45) is 0 Å². The standard InChI is InChI=1S/C18H22N2O2/c1-12(2)13-5-3-6-14(11-13)19-18(21)20-16-7-4-8-17-15(16)9-10-22-17/h3,5-6,9-12,16H,4,7-8H2,1-2H3,(H2,19,20,21). The maximum atomic E-state index is 12.2. The normalized spacial score (nSPS) is 17.1. The van der Waals surface area contributed by atoms with Gasteiger partial charge in [0.05, 0.1) is 12.3 Å². The van der Waals surface area contributed by atoms with Crippen molar-refractivity contribution in [3.05, 3.63) is 53.5 Å². The summed E-state index contributed by atoms with van der Waals surface area (Å²) in [4.78, 5) is 12.2. The van der Waals surface area contributed by atoms with E-state index in [0.29, 0.717) is 5.92 Å². The van der Waals surface area contributed by atoms with Crippen molar-refractivity contribution < 1.29 is 9.21 Å². The van der Waals surface area contributed by atoms with Gasteiger partial charge < -0.3 is 15.1 Å². The molecule has 0 aliphatic heterocycles. The van der Waals surface area contributed by atoms with E-state index in [-0.39, 0.29) is 12.1 Å². The zero-order valence-corrected chi connectivity index (χ0v) is 13.1. The third kappa shape index (κ3) is 3.16. The Kier molecular flexibility index (Phi) is 4.18. The number of rotatable bonds is 3. The van der Waals surface area contributed by atoms with Gasteiger partial charge in [0.25, 0.3) is 0 Å². The number of urea groups is 1. The fourth-order valence-electron chi connectivity index (χ4n) is 2.94. The molecule has 0 radical (unpaired) electrons. The summed E-state index contributed by atoms with van der Waals surface area (Å²) >= 11 is 0. The van der Waals surface area contributed by atoms with Gasteiger partial charge in [0.15, 0.2) is 0 Å². The van der Waals surface area contributed by atoms with Crippen LogP contribution < -0.4 is 10.6 Å². The van der Waals surface area contributed by atoms with Crippen molar-refractivity contribution in [2.75, 3.05) is 5.32 Å². The number of furan rings is 1. The van der Waals surface area contributed by atoms with Crippen molar-refractivity contribution in [1.29, 1.82) is 0 Å². The Labute approximate surface area is 130 Å². The van der Waals surface area contributed by atoms with Crippen molar-refractivity contribution in [2.45, 2.75) is 45.1 Å². The Balaban J connectivity index is 1.65. The summed E-state index contributed by atoms with van der Waals surface area (Å²) in [5, 5.41) is 5.98. The van der Waals surface area contributed by atoms with Gasteiger partial charge >= 0.3 is 6.03 Å². The molecule has 1 aromatic carbocycles. The van der Waals surface area contributed by atoms with E-state index in [1.807, 2.05) is 24.3 Å². The second-order valence-corrected chi connectivity index (χ2v) is 6.12. The number of fused-ring (bicyclic) bond motifs is 1. The van der Waals surface area contributed by atoms with Crippen molar-refractivity contribution in [3.8, 4) is 0 Å². The molecule has 1 aliphatic carbocycles. The molecule has 1 unspecified atom stereocenters. The summed E-state index contributed by atoms with van der Waals surface area (Å²) in [5.74, 6) is 1.44. The van der Waals surface area contributed by atoms with Crippen molar-refractivity contribution in [1.82, 2.24) is 5.32 Å². The summed E-state index contributed by atoms with van der Waals surface area (Å²) in [6.45, 7) is 4.28. The Morgan fingerprint density at radius 2 is 2.18 bits per heavy atom. The molecule has 0 fully saturated rings.